The van der Waals surface area contributed by atoms with Crippen molar-refractivity contribution in [3.8, 4) is 5.75 Å². The van der Waals surface area contributed by atoms with E-state index in [9.17, 15) is 4.79 Å². The van der Waals surface area contributed by atoms with Gasteiger partial charge >= 0.3 is 0 Å². The lowest BCUT2D eigenvalue weighted by Crippen LogP contribution is -2.05. The Hall–Kier alpha value is -1.35. The Bertz CT molecular complexity index is 361. The summed E-state index contributed by atoms with van der Waals surface area (Å²) in [5, 5.41) is 0. The van der Waals surface area contributed by atoms with Crippen LogP contribution in [0.25, 0.3) is 0 Å². The standard InChI is InChI=1S/C13H19NO2/c1-3-10-9-11(6-7-13(10)16-2)12(15)5-4-8-14/h6-7,9H,3-5,8,14H2,1-2H3. The number of hydrogen-bond donors (Lipinski definition) is 1. The highest BCUT2D eigenvalue weighted by Crippen LogP contribution is 2.21. The highest BCUT2D eigenvalue weighted by Gasteiger charge is 2.08. The fourth-order valence-electron chi connectivity index (χ4n) is 1.64. The molecule has 0 aliphatic heterocycles. The molecule has 0 saturated heterocycles. The minimum Gasteiger partial charge on any atom is -0.496 e. The van der Waals surface area contributed by atoms with E-state index in [1.165, 1.54) is 0 Å². The fourth-order valence-corrected chi connectivity index (χ4v) is 1.64. The summed E-state index contributed by atoms with van der Waals surface area (Å²) in [6.07, 6.45) is 2.12. The topological polar surface area (TPSA) is 52.3 Å². The van der Waals surface area contributed by atoms with Crippen LogP contribution >= 0.6 is 0 Å². The minimum atomic E-state index is 0.155. The summed E-state index contributed by atoms with van der Waals surface area (Å²) in [5.74, 6) is 1.00. The lowest BCUT2D eigenvalue weighted by molar-refractivity contribution is 0.0980. The predicted molar refractivity (Wildman–Crippen MR) is 65.0 cm³/mol. The number of Topliss-reactive ketones (excluding diaryl/α,β-unsaturated/α-hetero) is 1. The number of carbonyl (C=O) groups excluding carboxylic acids is 1. The molecule has 88 valence electrons. The van der Waals surface area contributed by atoms with Crippen molar-refractivity contribution in [1.82, 2.24) is 0 Å². The lowest BCUT2D eigenvalue weighted by atomic mass is 10.0. The third-order valence-corrected chi connectivity index (χ3v) is 2.59. The van der Waals surface area contributed by atoms with Gasteiger partial charge in [-0.3, -0.25) is 4.79 Å². The van der Waals surface area contributed by atoms with Gasteiger partial charge < -0.3 is 10.5 Å². The average Bonchev–Trinajstić information content (AvgIpc) is 2.34. The molecule has 1 rings (SSSR count). The Morgan fingerprint density at radius 1 is 1.44 bits per heavy atom. The predicted octanol–water partition coefficient (Wildman–Crippen LogP) is 2.18. The van der Waals surface area contributed by atoms with Gasteiger partial charge in [-0.2, -0.15) is 0 Å². The van der Waals surface area contributed by atoms with E-state index in [-0.39, 0.29) is 5.78 Å². The van der Waals surface area contributed by atoms with Crippen LogP contribution in [0.5, 0.6) is 5.75 Å². The van der Waals surface area contributed by atoms with E-state index in [1.54, 1.807) is 7.11 Å². The van der Waals surface area contributed by atoms with E-state index in [2.05, 4.69) is 0 Å². The molecule has 0 bridgehead atoms. The Morgan fingerprint density at radius 2 is 2.19 bits per heavy atom. The molecule has 1 aromatic rings. The van der Waals surface area contributed by atoms with Gasteiger partial charge in [-0.05, 0) is 43.1 Å². The summed E-state index contributed by atoms with van der Waals surface area (Å²) >= 11 is 0. The van der Waals surface area contributed by atoms with Gasteiger partial charge in [0, 0.05) is 12.0 Å². The second kappa shape index (κ2) is 6.28. The molecule has 0 saturated carbocycles. The van der Waals surface area contributed by atoms with Gasteiger partial charge in [0.1, 0.15) is 5.75 Å². The van der Waals surface area contributed by atoms with Crippen molar-refractivity contribution in [2.24, 2.45) is 5.73 Å². The van der Waals surface area contributed by atoms with Crippen LogP contribution in [-0.4, -0.2) is 19.4 Å². The maximum absolute atomic E-state index is 11.8. The molecular weight excluding hydrogens is 202 g/mol. The van der Waals surface area contributed by atoms with Crippen molar-refractivity contribution in [2.75, 3.05) is 13.7 Å². The summed E-state index contributed by atoms with van der Waals surface area (Å²) in [6.45, 7) is 2.61. The first-order chi connectivity index (χ1) is 7.72. The zero-order chi connectivity index (χ0) is 12.0. The van der Waals surface area contributed by atoms with E-state index in [1.807, 2.05) is 25.1 Å². The third kappa shape index (κ3) is 3.07. The number of nitrogens with two attached hydrogens (primary N) is 1. The van der Waals surface area contributed by atoms with E-state index in [4.69, 9.17) is 10.5 Å². The smallest absolute Gasteiger partial charge is 0.162 e. The number of rotatable bonds is 6. The van der Waals surface area contributed by atoms with Crippen molar-refractivity contribution < 1.29 is 9.53 Å². The first-order valence-electron chi connectivity index (χ1n) is 5.63. The fraction of sp³-hybridized carbons (Fsp3) is 0.462. The molecule has 0 radical (unpaired) electrons. The summed E-state index contributed by atoms with van der Waals surface area (Å²) in [7, 11) is 1.64. The van der Waals surface area contributed by atoms with Gasteiger partial charge in [-0.1, -0.05) is 6.92 Å². The quantitative estimate of drug-likeness (QED) is 0.749. The summed E-state index contributed by atoms with van der Waals surface area (Å²) in [5.41, 5.74) is 7.21. The number of ketones is 1. The van der Waals surface area contributed by atoms with Crippen LogP contribution in [0.3, 0.4) is 0 Å². The molecule has 2 N–H and O–H groups in total. The van der Waals surface area contributed by atoms with Gasteiger partial charge in [0.15, 0.2) is 5.78 Å². The summed E-state index contributed by atoms with van der Waals surface area (Å²) in [4.78, 5) is 11.8. The molecule has 0 spiro atoms. The largest absolute Gasteiger partial charge is 0.496 e. The number of methoxy groups -OCH3 is 1. The van der Waals surface area contributed by atoms with Crippen molar-refractivity contribution in [2.45, 2.75) is 26.2 Å². The summed E-state index contributed by atoms with van der Waals surface area (Å²) < 4.78 is 5.22. The maximum atomic E-state index is 11.8. The molecule has 0 aliphatic rings. The molecule has 0 amide bonds. The molecule has 0 aliphatic carbocycles. The first kappa shape index (κ1) is 12.7. The van der Waals surface area contributed by atoms with Crippen LogP contribution in [0.2, 0.25) is 0 Å². The normalized spacial score (nSPS) is 10.2. The molecule has 0 heterocycles. The number of benzene rings is 1. The van der Waals surface area contributed by atoms with Crippen LogP contribution in [0, 0.1) is 0 Å². The number of ether oxygens (including phenoxy) is 1. The monoisotopic (exact) mass is 221 g/mol. The Balaban J connectivity index is 2.85. The second-order valence-corrected chi connectivity index (χ2v) is 3.70. The van der Waals surface area contributed by atoms with E-state index >= 15 is 0 Å². The first-order valence-corrected chi connectivity index (χ1v) is 5.63. The lowest BCUT2D eigenvalue weighted by Gasteiger charge is -2.08. The van der Waals surface area contributed by atoms with Crippen LogP contribution in [0.1, 0.15) is 35.7 Å². The van der Waals surface area contributed by atoms with Crippen molar-refractivity contribution >= 4 is 5.78 Å². The van der Waals surface area contributed by atoms with Crippen LogP contribution in [0.15, 0.2) is 18.2 Å². The zero-order valence-electron chi connectivity index (χ0n) is 9.95. The number of aryl methyl sites for hydroxylation is 1. The van der Waals surface area contributed by atoms with Crippen molar-refractivity contribution in [3.63, 3.8) is 0 Å². The Morgan fingerprint density at radius 3 is 2.75 bits per heavy atom. The van der Waals surface area contributed by atoms with Gasteiger partial charge in [0.25, 0.3) is 0 Å². The number of carbonyl (C=O) groups is 1. The van der Waals surface area contributed by atoms with E-state index in [0.29, 0.717) is 13.0 Å². The Labute approximate surface area is 96.6 Å². The van der Waals surface area contributed by atoms with E-state index in [0.717, 1.165) is 29.7 Å². The molecule has 3 heteroatoms. The van der Waals surface area contributed by atoms with Crippen LogP contribution in [-0.2, 0) is 6.42 Å². The molecule has 0 unspecified atom stereocenters. The molecule has 0 atom stereocenters. The molecule has 16 heavy (non-hydrogen) atoms. The Kier molecular flexibility index (Phi) is 4.99. The molecular formula is C13H19NO2. The van der Waals surface area contributed by atoms with Crippen molar-refractivity contribution in [1.29, 1.82) is 0 Å². The average molecular weight is 221 g/mol. The molecule has 1 aromatic carbocycles. The van der Waals surface area contributed by atoms with Crippen molar-refractivity contribution in [3.05, 3.63) is 29.3 Å². The maximum Gasteiger partial charge on any atom is 0.162 e. The van der Waals surface area contributed by atoms with Crippen LogP contribution in [0.4, 0.5) is 0 Å². The minimum absolute atomic E-state index is 0.155. The van der Waals surface area contributed by atoms with E-state index < -0.39 is 0 Å². The second-order valence-electron chi connectivity index (χ2n) is 3.70. The van der Waals surface area contributed by atoms with Gasteiger partial charge in [0.05, 0.1) is 7.11 Å². The highest BCUT2D eigenvalue weighted by atomic mass is 16.5. The van der Waals surface area contributed by atoms with Gasteiger partial charge in [-0.15, -0.1) is 0 Å². The van der Waals surface area contributed by atoms with Crippen LogP contribution < -0.4 is 10.5 Å². The molecule has 3 nitrogen and oxygen atoms in total. The molecule has 0 fully saturated rings. The highest BCUT2D eigenvalue weighted by molar-refractivity contribution is 5.96. The molecule has 0 aromatic heterocycles. The summed E-state index contributed by atoms with van der Waals surface area (Å²) in [6, 6.07) is 5.59. The SMILES string of the molecule is CCc1cc(C(=O)CCCN)ccc1OC. The number of hydrogen-bond acceptors (Lipinski definition) is 3. The third-order valence-electron chi connectivity index (χ3n) is 2.59. The van der Waals surface area contributed by atoms with Gasteiger partial charge in [-0.25, -0.2) is 0 Å². The zero-order valence-corrected chi connectivity index (χ0v) is 9.95. The van der Waals surface area contributed by atoms with Gasteiger partial charge in [0.2, 0.25) is 0 Å².